The fraction of sp³-hybridized carbons (Fsp3) is 0.0833. The normalized spacial score (nSPS) is 11.5. The Balaban J connectivity index is 2.24. The lowest BCUT2D eigenvalue weighted by molar-refractivity contribution is -0.137. The average Bonchev–Trinajstić information content (AvgIpc) is 2.94. The molecule has 9 heteroatoms. The lowest BCUT2D eigenvalue weighted by atomic mass is 10.1. The number of nitrogens with zero attached hydrogens (tertiary/aromatic N) is 6. The Morgan fingerprint density at radius 1 is 1.19 bits per heavy atom. The summed E-state index contributed by atoms with van der Waals surface area (Å²) < 4.78 is 39.3. The van der Waals surface area contributed by atoms with Crippen LogP contribution in [0.4, 0.5) is 13.2 Å². The fourth-order valence-corrected chi connectivity index (χ4v) is 1.83. The van der Waals surface area contributed by atoms with Crippen LogP contribution in [-0.4, -0.2) is 24.6 Å². The third-order valence-electron chi connectivity index (χ3n) is 2.76. The number of aromatic nitrogens is 5. The summed E-state index contributed by atoms with van der Waals surface area (Å²) in [5.74, 6) is 0.262. The molecule has 0 aliphatic rings. The van der Waals surface area contributed by atoms with Crippen LogP contribution in [0, 0.1) is 11.3 Å². The van der Waals surface area contributed by atoms with E-state index in [2.05, 4.69) is 20.1 Å². The monoisotopic (exact) mass is 290 g/mol. The zero-order chi connectivity index (χ0) is 15.0. The minimum atomic E-state index is -4.56. The van der Waals surface area contributed by atoms with Gasteiger partial charge < -0.3 is 0 Å². The van der Waals surface area contributed by atoms with E-state index < -0.39 is 11.7 Å². The minimum Gasteiger partial charge on any atom is -0.253 e. The molecule has 0 aliphatic heterocycles. The number of hydrogen-bond acceptors (Lipinski definition) is 5. The van der Waals surface area contributed by atoms with Crippen molar-refractivity contribution in [3.8, 4) is 17.5 Å². The molecule has 0 N–H and O–H groups in total. The summed E-state index contributed by atoms with van der Waals surface area (Å²) in [6.45, 7) is 0. The number of rotatable bonds is 1. The zero-order valence-corrected chi connectivity index (χ0v) is 10.2. The molecule has 0 saturated heterocycles. The smallest absolute Gasteiger partial charge is 0.253 e. The second kappa shape index (κ2) is 4.52. The Bertz CT molecular complexity index is 861. The topological polar surface area (TPSA) is 79.8 Å². The molecular weight excluding hydrogens is 285 g/mol. The fourth-order valence-electron chi connectivity index (χ4n) is 1.83. The predicted octanol–water partition coefficient (Wildman–Crippen LogP) is 2.08. The number of pyridine rings is 1. The van der Waals surface area contributed by atoms with Crippen molar-refractivity contribution in [1.82, 2.24) is 24.6 Å². The molecule has 0 atom stereocenters. The number of hydrogen-bond donors (Lipinski definition) is 0. The van der Waals surface area contributed by atoms with Gasteiger partial charge in [-0.3, -0.25) is 4.98 Å². The molecule has 0 radical (unpaired) electrons. The molecule has 21 heavy (non-hydrogen) atoms. The van der Waals surface area contributed by atoms with Crippen molar-refractivity contribution in [2.45, 2.75) is 6.18 Å². The van der Waals surface area contributed by atoms with Gasteiger partial charge in [0.2, 0.25) is 0 Å². The average molecular weight is 290 g/mol. The summed E-state index contributed by atoms with van der Waals surface area (Å²) in [7, 11) is 0. The Morgan fingerprint density at radius 2 is 2.00 bits per heavy atom. The van der Waals surface area contributed by atoms with Crippen LogP contribution < -0.4 is 0 Å². The molecule has 3 aromatic rings. The second-order valence-electron chi connectivity index (χ2n) is 4.03. The highest BCUT2D eigenvalue weighted by molar-refractivity contribution is 5.65. The van der Waals surface area contributed by atoms with Crippen LogP contribution in [0.3, 0.4) is 0 Å². The van der Waals surface area contributed by atoms with Crippen molar-refractivity contribution in [3.63, 3.8) is 0 Å². The highest BCUT2D eigenvalue weighted by Crippen LogP contribution is 2.31. The Hall–Kier alpha value is -3.02. The molecule has 3 rings (SSSR count). The lowest BCUT2D eigenvalue weighted by Crippen LogP contribution is -2.08. The maximum absolute atomic E-state index is 12.7. The summed E-state index contributed by atoms with van der Waals surface area (Å²) >= 11 is 0. The maximum Gasteiger partial charge on any atom is 0.417 e. The molecular formula is C12H5F3N6. The first-order valence-corrected chi connectivity index (χ1v) is 5.63. The highest BCUT2D eigenvalue weighted by atomic mass is 19.4. The van der Waals surface area contributed by atoms with Crippen molar-refractivity contribution in [3.05, 3.63) is 42.0 Å². The molecule has 0 unspecified atom stereocenters. The van der Waals surface area contributed by atoms with E-state index in [0.717, 1.165) is 6.07 Å². The third-order valence-corrected chi connectivity index (χ3v) is 2.76. The van der Waals surface area contributed by atoms with Crippen LogP contribution >= 0.6 is 0 Å². The molecule has 0 bridgehead atoms. The van der Waals surface area contributed by atoms with E-state index in [1.54, 1.807) is 6.07 Å². The Kier molecular flexibility index (Phi) is 2.79. The first-order chi connectivity index (χ1) is 10.0. The summed E-state index contributed by atoms with van der Waals surface area (Å²) in [6.07, 6.45) is -1.21. The van der Waals surface area contributed by atoms with Crippen LogP contribution in [0.5, 0.6) is 0 Å². The van der Waals surface area contributed by atoms with E-state index in [1.807, 2.05) is 0 Å². The molecule has 0 amide bonds. The summed E-state index contributed by atoms with van der Waals surface area (Å²) in [5, 5.41) is 13.0. The van der Waals surface area contributed by atoms with Crippen LogP contribution in [0.15, 0.2) is 30.9 Å². The standard InChI is InChI=1S/C12H5F3N6/c13-12(14,15)8-3-7(4-16)10(18-5-8)9-1-2-17-11-19-6-20-21(9)11/h1-3,5-6H. The SMILES string of the molecule is N#Cc1cc(C(F)(F)F)cnc1-c1ccnc2ncnn12. The number of fused-ring (bicyclic) bond motifs is 1. The lowest BCUT2D eigenvalue weighted by Gasteiger charge is -2.09. The molecule has 6 nitrogen and oxygen atoms in total. The molecule has 104 valence electrons. The van der Waals surface area contributed by atoms with Gasteiger partial charge in [-0.25, -0.2) is 4.98 Å². The van der Waals surface area contributed by atoms with Gasteiger partial charge in [0.1, 0.15) is 18.1 Å². The molecule has 3 aromatic heterocycles. The molecule has 3 heterocycles. The van der Waals surface area contributed by atoms with Crippen molar-refractivity contribution in [2.75, 3.05) is 0 Å². The minimum absolute atomic E-state index is 0.0865. The van der Waals surface area contributed by atoms with E-state index in [-0.39, 0.29) is 17.0 Å². The largest absolute Gasteiger partial charge is 0.417 e. The van der Waals surface area contributed by atoms with Gasteiger partial charge in [0.05, 0.1) is 16.8 Å². The van der Waals surface area contributed by atoms with E-state index in [0.29, 0.717) is 11.9 Å². The summed E-state index contributed by atoms with van der Waals surface area (Å²) in [4.78, 5) is 11.6. The van der Waals surface area contributed by atoms with Crippen LogP contribution in [0.1, 0.15) is 11.1 Å². The molecule has 0 saturated carbocycles. The quantitative estimate of drug-likeness (QED) is 0.685. The van der Waals surface area contributed by atoms with Gasteiger partial charge in [-0.05, 0) is 12.1 Å². The third kappa shape index (κ3) is 2.16. The molecule has 0 spiro atoms. The summed E-state index contributed by atoms with van der Waals surface area (Å²) in [5.41, 5.74) is -0.759. The first-order valence-electron chi connectivity index (χ1n) is 5.63. The van der Waals surface area contributed by atoms with Crippen molar-refractivity contribution >= 4 is 5.78 Å². The van der Waals surface area contributed by atoms with Crippen LogP contribution in [0.25, 0.3) is 17.2 Å². The van der Waals surface area contributed by atoms with Gasteiger partial charge in [0.25, 0.3) is 5.78 Å². The van der Waals surface area contributed by atoms with Gasteiger partial charge in [0, 0.05) is 12.4 Å². The summed E-state index contributed by atoms with van der Waals surface area (Å²) in [6, 6.07) is 3.97. The highest BCUT2D eigenvalue weighted by Gasteiger charge is 2.32. The first kappa shape index (κ1) is 13.0. The number of nitriles is 1. The second-order valence-corrected chi connectivity index (χ2v) is 4.03. The van der Waals surface area contributed by atoms with Gasteiger partial charge >= 0.3 is 6.18 Å². The van der Waals surface area contributed by atoms with Gasteiger partial charge in [0.15, 0.2) is 0 Å². The number of alkyl halides is 3. The predicted molar refractivity (Wildman–Crippen MR) is 63.7 cm³/mol. The van der Waals surface area contributed by atoms with Gasteiger partial charge in [-0.15, -0.1) is 0 Å². The van der Waals surface area contributed by atoms with E-state index in [4.69, 9.17) is 5.26 Å². The Labute approximate surface area is 115 Å². The van der Waals surface area contributed by atoms with Crippen molar-refractivity contribution in [2.24, 2.45) is 0 Å². The van der Waals surface area contributed by atoms with E-state index in [9.17, 15) is 13.2 Å². The van der Waals surface area contributed by atoms with E-state index >= 15 is 0 Å². The van der Waals surface area contributed by atoms with Crippen LogP contribution in [-0.2, 0) is 6.18 Å². The van der Waals surface area contributed by atoms with Gasteiger partial charge in [-0.2, -0.15) is 33.0 Å². The maximum atomic E-state index is 12.7. The molecule has 0 aliphatic carbocycles. The Morgan fingerprint density at radius 3 is 2.71 bits per heavy atom. The van der Waals surface area contributed by atoms with Crippen LogP contribution in [0.2, 0.25) is 0 Å². The zero-order valence-electron chi connectivity index (χ0n) is 10.2. The molecule has 0 fully saturated rings. The van der Waals surface area contributed by atoms with Crippen molar-refractivity contribution < 1.29 is 13.2 Å². The number of halogens is 3. The van der Waals surface area contributed by atoms with E-state index in [1.165, 1.54) is 23.1 Å². The van der Waals surface area contributed by atoms with Gasteiger partial charge in [-0.1, -0.05) is 0 Å². The molecule has 0 aromatic carbocycles. The van der Waals surface area contributed by atoms with Crippen molar-refractivity contribution in [1.29, 1.82) is 5.26 Å².